The molecule has 0 atom stereocenters. The van der Waals surface area contributed by atoms with Gasteiger partial charge in [-0.15, -0.1) is 0 Å². The van der Waals surface area contributed by atoms with Crippen LogP contribution in [0.3, 0.4) is 0 Å². The summed E-state index contributed by atoms with van der Waals surface area (Å²) in [4.78, 5) is 11.8. The molecule has 1 aromatic heterocycles. The monoisotopic (exact) mass is 249 g/mol. The Morgan fingerprint density at radius 1 is 1.35 bits per heavy atom. The first-order valence-electron chi connectivity index (χ1n) is 5.10. The lowest BCUT2D eigenvalue weighted by molar-refractivity contribution is 0.102. The Labute approximate surface area is 102 Å². The summed E-state index contributed by atoms with van der Waals surface area (Å²) >= 11 is 1.04. The van der Waals surface area contributed by atoms with E-state index >= 15 is 0 Å². The summed E-state index contributed by atoms with van der Waals surface area (Å²) in [6.45, 7) is 2.87. The second-order valence-electron chi connectivity index (χ2n) is 3.23. The van der Waals surface area contributed by atoms with E-state index in [1.807, 2.05) is 19.1 Å². The number of hydrogen-bond acceptors (Lipinski definition) is 6. The molecule has 0 radical (unpaired) electrons. The molecule has 6 nitrogen and oxygen atoms in total. The van der Waals surface area contributed by atoms with Crippen molar-refractivity contribution in [1.82, 2.24) is 14.8 Å². The molecule has 0 spiro atoms. The number of anilines is 2. The molecule has 0 unspecified atom stereocenters. The molecule has 0 aliphatic heterocycles. The predicted molar refractivity (Wildman–Crippen MR) is 66.3 cm³/mol. The molecule has 2 rings (SSSR count). The molecule has 0 saturated carbocycles. The average Bonchev–Trinajstić information content (AvgIpc) is 2.83. The Hall–Kier alpha value is -2.02. The smallest absolute Gasteiger partial charge is 0.257 e. The highest BCUT2D eigenvalue weighted by Crippen LogP contribution is 2.12. The van der Waals surface area contributed by atoms with Gasteiger partial charge in [0.15, 0.2) is 0 Å². The Morgan fingerprint density at radius 2 is 2.12 bits per heavy atom. The van der Waals surface area contributed by atoms with Gasteiger partial charge in [-0.05, 0) is 36.4 Å². The first kappa shape index (κ1) is 11.5. The maximum Gasteiger partial charge on any atom is 0.257 e. The van der Waals surface area contributed by atoms with Crippen molar-refractivity contribution in [1.29, 1.82) is 0 Å². The summed E-state index contributed by atoms with van der Waals surface area (Å²) in [6, 6.07) is 7.22. The molecule has 1 amide bonds. The third-order valence-electron chi connectivity index (χ3n) is 2.05. The number of carbonyl (C=O) groups is 1. The van der Waals surface area contributed by atoms with Crippen molar-refractivity contribution in [2.45, 2.75) is 6.92 Å². The molecule has 1 aromatic carbocycles. The van der Waals surface area contributed by atoms with Crippen LogP contribution in [0.25, 0.3) is 0 Å². The largest absolute Gasteiger partial charge is 0.385 e. The number of hydrogen-bond donors (Lipinski definition) is 2. The van der Waals surface area contributed by atoms with Gasteiger partial charge in [0.25, 0.3) is 5.91 Å². The molecule has 2 aromatic rings. The van der Waals surface area contributed by atoms with E-state index in [2.05, 4.69) is 25.4 Å². The van der Waals surface area contributed by atoms with Crippen LogP contribution < -0.4 is 10.6 Å². The van der Waals surface area contributed by atoms with E-state index in [4.69, 9.17) is 0 Å². The minimum absolute atomic E-state index is 0.216. The molecule has 88 valence electrons. The van der Waals surface area contributed by atoms with Gasteiger partial charge >= 0.3 is 0 Å². The molecule has 0 aliphatic rings. The van der Waals surface area contributed by atoms with E-state index in [1.54, 1.807) is 12.1 Å². The number of rotatable bonds is 4. The van der Waals surface area contributed by atoms with Crippen LogP contribution >= 0.6 is 11.5 Å². The van der Waals surface area contributed by atoms with Crippen molar-refractivity contribution >= 4 is 28.3 Å². The van der Waals surface area contributed by atoms with Crippen LogP contribution in [0, 0.1) is 0 Å². The Bertz CT molecular complexity index is 482. The van der Waals surface area contributed by atoms with Crippen LogP contribution in [0.2, 0.25) is 0 Å². The summed E-state index contributed by atoms with van der Waals surface area (Å²) in [5.41, 5.74) is 1.56. The second-order valence-corrected chi connectivity index (χ2v) is 3.96. The number of benzene rings is 1. The SMILES string of the molecule is CCNc1ccc(C(=O)Nc2nnns2)cc1. The van der Waals surface area contributed by atoms with Crippen molar-refractivity contribution in [2.24, 2.45) is 0 Å². The highest BCUT2D eigenvalue weighted by atomic mass is 32.1. The molecule has 1 heterocycles. The highest BCUT2D eigenvalue weighted by molar-refractivity contribution is 7.09. The fourth-order valence-corrected chi connectivity index (χ4v) is 1.66. The van der Waals surface area contributed by atoms with Gasteiger partial charge in [-0.1, -0.05) is 9.59 Å². The van der Waals surface area contributed by atoms with Gasteiger partial charge in [-0.2, -0.15) is 0 Å². The fraction of sp³-hybridized carbons (Fsp3) is 0.200. The number of nitrogens with one attached hydrogen (secondary N) is 2. The molecule has 0 saturated heterocycles. The third-order valence-corrected chi connectivity index (χ3v) is 2.56. The van der Waals surface area contributed by atoms with Gasteiger partial charge in [0.05, 0.1) is 0 Å². The molecule has 17 heavy (non-hydrogen) atoms. The second kappa shape index (κ2) is 5.35. The molecular formula is C10H11N5OS. The van der Waals surface area contributed by atoms with Gasteiger partial charge in [-0.3, -0.25) is 10.1 Å². The zero-order valence-corrected chi connectivity index (χ0v) is 9.99. The average molecular weight is 249 g/mol. The number of aromatic nitrogens is 3. The van der Waals surface area contributed by atoms with Gasteiger partial charge < -0.3 is 5.32 Å². The third kappa shape index (κ3) is 2.97. The highest BCUT2D eigenvalue weighted by Gasteiger charge is 2.07. The van der Waals surface area contributed by atoms with Crippen molar-refractivity contribution in [3.63, 3.8) is 0 Å². The maximum atomic E-state index is 11.8. The number of nitrogens with zero attached hydrogens (tertiary/aromatic N) is 3. The standard InChI is InChI=1S/C10H11N5OS/c1-2-11-8-5-3-7(4-6-8)9(16)12-10-13-14-15-17-10/h3-6,11H,2H2,1H3,(H,12,13,15,16). The van der Waals surface area contributed by atoms with Gasteiger partial charge in [-0.25, -0.2) is 0 Å². The summed E-state index contributed by atoms with van der Waals surface area (Å²) in [5, 5.41) is 13.2. The van der Waals surface area contributed by atoms with Crippen molar-refractivity contribution in [2.75, 3.05) is 17.2 Å². The molecular weight excluding hydrogens is 238 g/mol. The van der Waals surface area contributed by atoms with E-state index in [1.165, 1.54) is 0 Å². The lowest BCUT2D eigenvalue weighted by Crippen LogP contribution is -2.11. The summed E-state index contributed by atoms with van der Waals surface area (Å²) in [6.07, 6.45) is 0. The van der Waals surface area contributed by atoms with Crippen molar-refractivity contribution in [3.05, 3.63) is 29.8 Å². The van der Waals surface area contributed by atoms with Crippen LogP contribution in [-0.4, -0.2) is 27.3 Å². The van der Waals surface area contributed by atoms with E-state index in [0.717, 1.165) is 23.8 Å². The first-order chi connectivity index (χ1) is 8.29. The van der Waals surface area contributed by atoms with Gasteiger partial charge in [0, 0.05) is 29.3 Å². The van der Waals surface area contributed by atoms with E-state index in [-0.39, 0.29) is 5.91 Å². The molecule has 7 heteroatoms. The summed E-state index contributed by atoms with van der Waals surface area (Å²) < 4.78 is 3.56. The Kier molecular flexibility index (Phi) is 3.61. The summed E-state index contributed by atoms with van der Waals surface area (Å²) in [5.74, 6) is -0.216. The van der Waals surface area contributed by atoms with Crippen LogP contribution in [0.4, 0.5) is 10.8 Å². The minimum Gasteiger partial charge on any atom is -0.385 e. The van der Waals surface area contributed by atoms with Gasteiger partial charge in [0.1, 0.15) is 0 Å². The Morgan fingerprint density at radius 3 is 2.71 bits per heavy atom. The molecule has 0 bridgehead atoms. The normalized spacial score (nSPS) is 9.94. The van der Waals surface area contributed by atoms with Crippen LogP contribution in [0.15, 0.2) is 24.3 Å². The fourth-order valence-electron chi connectivity index (χ4n) is 1.29. The van der Waals surface area contributed by atoms with Crippen LogP contribution in [0.5, 0.6) is 0 Å². The minimum atomic E-state index is -0.216. The topological polar surface area (TPSA) is 79.8 Å². The lowest BCUT2D eigenvalue weighted by atomic mass is 10.2. The number of carbonyl (C=O) groups excluding carboxylic acids is 1. The zero-order chi connectivity index (χ0) is 12.1. The molecule has 0 aliphatic carbocycles. The van der Waals surface area contributed by atoms with Gasteiger partial charge in [0.2, 0.25) is 5.13 Å². The lowest BCUT2D eigenvalue weighted by Gasteiger charge is -2.04. The molecule has 2 N–H and O–H groups in total. The van der Waals surface area contributed by atoms with Crippen LogP contribution in [-0.2, 0) is 0 Å². The van der Waals surface area contributed by atoms with E-state index < -0.39 is 0 Å². The van der Waals surface area contributed by atoms with E-state index in [0.29, 0.717) is 10.7 Å². The molecule has 0 fully saturated rings. The summed E-state index contributed by atoms with van der Waals surface area (Å²) in [7, 11) is 0. The predicted octanol–water partition coefficient (Wildman–Crippen LogP) is 1.62. The van der Waals surface area contributed by atoms with Crippen molar-refractivity contribution < 1.29 is 4.79 Å². The quantitative estimate of drug-likeness (QED) is 0.860. The zero-order valence-electron chi connectivity index (χ0n) is 9.17. The maximum absolute atomic E-state index is 11.8. The Balaban J connectivity index is 2.04. The number of amides is 1. The first-order valence-corrected chi connectivity index (χ1v) is 5.87. The van der Waals surface area contributed by atoms with Crippen molar-refractivity contribution in [3.8, 4) is 0 Å². The van der Waals surface area contributed by atoms with E-state index in [9.17, 15) is 4.79 Å². The van der Waals surface area contributed by atoms with Crippen LogP contribution in [0.1, 0.15) is 17.3 Å².